The molecule has 0 aliphatic rings. The number of aryl methyl sites for hydroxylation is 1. The second-order valence-electron chi connectivity index (χ2n) is 3.32. The van der Waals surface area contributed by atoms with Gasteiger partial charge in [0.1, 0.15) is 0 Å². The topological polar surface area (TPSA) is 17.8 Å². The van der Waals surface area contributed by atoms with Crippen LogP contribution in [0.1, 0.15) is 11.3 Å². The molecule has 1 aromatic carbocycles. The molecule has 1 heterocycles. The van der Waals surface area contributed by atoms with E-state index in [4.69, 9.17) is 11.6 Å². The summed E-state index contributed by atoms with van der Waals surface area (Å²) in [6.45, 7) is 2.04. The maximum Gasteiger partial charge on any atom is 0.0734 e. The zero-order chi connectivity index (χ0) is 10.8. The van der Waals surface area contributed by atoms with Gasteiger partial charge in [-0.2, -0.15) is 5.10 Å². The van der Waals surface area contributed by atoms with Crippen LogP contribution >= 0.6 is 27.5 Å². The lowest BCUT2D eigenvalue weighted by Gasteiger charge is -2.05. The Balaban J connectivity index is 2.48. The van der Waals surface area contributed by atoms with Crippen molar-refractivity contribution in [1.29, 1.82) is 0 Å². The largest absolute Gasteiger partial charge is 0.240 e. The van der Waals surface area contributed by atoms with Crippen molar-refractivity contribution in [2.45, 2.75) is 12.3 Å². The Morgan fingerprint density at radius 3 is 2.87 bits per heavy atom. The Bertz CT molecular complexity index is 479. The average molecular weight is 286 g/mol. The molecule has 0 amide bonds. The average Bonchev–Trinajstić information content (AvgIpc) is 2.70. The fourth-order valence-corrected chi connectivity index (χ4v) is 1.86. The number of benzene rings is 1. The van der Waals surface area contributed by atoms with Gasteiger partial charge in [-0.15, -0.1) is 0 Å². The van der Waals surface area contributed by atoms with Gasteiger partial charge in [-0.1, -0.05) is 33.6 Å². The Kier molecular flexibility index (Phi) is 3.12. The third-order valence-corrected chi connectivity index (χ3v) is 3.01. The lowest BCUT2D eigenvalue weighted by molar-refractivity contribution is 0.854. The van der Waals surface area contributed by atoms with Gasteiger partial charge in [0.05, 0.1) is 11.4 Å². The summed E-state index contributed by atoms with van der Waals surface area (Å²) >= 11 is 9.33. The van der Waals surface area contributed by atoms with Gasteiger partial charge in [0.25, 0.3) is 0 Å². The first-order valence-corrected chi connectivity index (χ1v) is 6.07. The van der Waals surface area contributed by atoms with Crippen molar-refractivity contribution >= 4 is 27.5 Å². The van der Waals surface area contributed by atoms with Crippen LogP contribution in [-0.2, 0) is 5.33 Å². The summed E-state index contributed by atoms with van der Waals surface area (Å²) in [5.41, 5.74) is 3.19. The Morgan fingerprint density at radius 2 is 2.20 bits per heavy atom. The van der Waals surface area contributed by atoms with E-state index in [1.165, 1.54) is 0 Å². The van der Waals surface area contributed by atoms with Crippen LogP contribution in [0.25, 0.3) is 5.69 Å². The van der Waals surface area contributed by atoms with Crippen LogP contribution < -0.4 is 0 Å². The number of halogens is 2. The molecule has 0 atom stereocenters. The molecule has 78 valence electrons. The molecule has 0 aliphatic heterocycles. The fraction of sp³-hybridized carbons (Fsp3) is 0.182. The first kappa shape index (κ1) is 10.7. The van der Waals surface area contributed by atoms with E-state index in [1.807, 2.05) is 42.1 Å². The van der Waals surface area contributed by atoms with E-state index in [9.17, 15) is 0 Å². The first-order valence-electron chi connectivity index (χ1n) is 4.58. The molecule has 0 fully saturated rings. The van der Waals surface area contributed by atoms with Gasteiger partial charge in [0.15, 0.2) is 0 Å². The maximum atomic E-state index is 5.96. The van der Waals surface area contributed by atoms with E-state index in [2.05, 4.69) is 21.0 Å². The molecule has 4 heteroatoms. The Hall–Kier alpha value is -0.800. The van der Waals surface area contributed by atoms with Crippen molar-refractivity contribution < 1.29 is 0 Å². The lowest BCUT2D eigenvalue weighted by Crippen LogP contribution is -1.98. The summed E-state index contributed by atoms with van der Waals surface area (Å²) in [5, 5.41) is 5.90. The molecular formula is C11H10BrClN2. The van der Waals surface area contributed by atoms with Gasteiger partial charge >= 0.3 is 0 Å². The zero-order valence-electron chi connectivity index (χ0n) is 8.24. The van der Waals surface area contributed by atoms with Crippen LogP contribution in [-0.4, -0.2) is 9.78 Å². The summed E-state index contributed by atoms with van der Waals surface area (Å²) in [6.07, 6.45) is 1.94. The third-order valence-electron chi connectivity index (χ3n) is 2.20. The molecule has 0 N–H and O–H groups in total. The van der Waals surface area contributed by atoms with Gasteiger partial charge < -0.3 is 0 Å². The van der Waals surface area contributed by atoms with E-state index in [0.717, 1.165) is 27.3 Å². The van der Waals surface area contributed by atoms with Crippen LogP contribution in [0, 0.1) is 6.92 Å². The minimum absolute atomic E-state index is 0.728. The van der Waals surface area contributed by atoms with Crippen molar-refractivity contribution in [3.05, 3.63) is 46.7 Å². The quantitative estimate of drug-likeness (QED) is 0.769. The number of rotatable bonds is 2. The highest BCUT2D eigenvalue weighted by atomic mass is 79.9. The number of nitrogens with zero attached hydrogens (tertiary/aromatic N) is 2. The number of alkyl halides is 1. The molecule has 2 aromatic rings. The minimum Gasteiger partial charge on any atom is -0.240 e. The van der Waals surface area contributed by atoms with E-state index < -0.39 is 0 Å². The fourth-order valence-electron chi connectivity index (χ4n) is 1.40. The van der Waals surface area contributed by atoms with Crippen LogP contribution in [0.3, 0.4) is 0 Å². The van der Waals surface area contributed by atoms with Crippen molar-refractivity contribution in [2.75, 3.05) is 0 Å². The monoisotopic (exact) mass is 284 g/mol. The molecule has 0 radical (unpaired) electrons. The van der Waals surface area contributed by atoms with Gasteiger partial charge in [-0.25, -0.2) is 4.68 Å². The molecule has 1 aromatic heterocycles. The van der Waals surface area contributed by atoms with Crippen LogP contribution in [0.4, 0.5) is 0 Å². The smallest absolute Gasteiger partial charge is 0.0734 e. The highest BCUT2D eigenvalue weighted by Gasteiger charge is 2.03. The van der Waals surface area contributed by atoms with Crippen LogP contribution in [0.5, 0.6) is 0 Å². The Labute approximate surface area is 102 Å². The molecule has 0 saturated carbocycles. The van der Waals surface area contributed by atoms with Crippen molar-refractivity contribution in [2.24, 2.45) is 0 Å². The zero-order valence-corrected chi connectivity index (χ0v) is 10.6. The van der Waals surface area contributed by atoms with Gasteiger partial charge in [-0.3, -0.25) is 0 Å². The minimum atomic E-state index is 0.728. The molecule has 0 saturated heterocycles. The standard InChI is InChI=1S/C11H10BrClN2/c1-8-2-3-9(13)6-11(8)15-5-4-10(7-12)14-15/h2-6H,7H2,1H3. The molecule has 2 nitrogen and oxygen atoms in total. The second-order valence-corrected chi connectivity index (χ2v) is 4.31. The summed E-state index contributed by atoms with van der Waals surface area (Å²) in [4.78, 5) is 0. The van der Waals surface area contributed by atoms with Crippen molar-refractivity contribution in [1.82, 2.24) is 9.78 Å². The predicted molar refractivity (Wildman–Crippen MR) is 65.9 cm³/mol. The van der Waals surface area contributed by atoms with E-state index in [-0.39, 0.29) is 0 Å². The van der Waals surface area contributed by atoms with Crippen molar-refractivity contribution in [3.8, 4) is 5.69 Å². The summed E-state index contributed by atoms with van der Waals surface area (Å²) in [7, 11) is 0. The van der Waals surface area contributed by atoms with Crippen molar-refractivity contribution in [3.63, 3.8) is 0 Å². The summed E-state index contributed by atoms with van der Waals surface area (Å²) in [6, 6.07) is 7.78. The van der Waals surface area contributed by atoms with E-state index >= 15 is 0 Å². The third kappa shape index (κ3) is 2.24. The molecule has 15 heavy (non-hydrogen) atoms. The summed E-state index contributed by atoms with van der Waals surface area (Å²) in [5.74, 6) is 0. The molecule has 0 bridgehead atoms. The molecule has 0 spiro atoms. The molecule has 0 unspecified atom stereocenters. The van der Waals surface area contributed by atoms with Gasteiger partial charge in [0, 0.05) is 16.5 Å². The van der Waals surface area contributed by atoms with Gasteiger partial charge in [-0.05, 0) is 30.7 Å². The van der Waals surface area contributed by atoms with Crippen LogP contribution in [0.15, 0.2) is 30.5 Å². The Morgan fingerprint density at radius 1 is 1.40 bits per heavy atom. The number of hydrogen-bond donors (Lipinski definition) is 0. The number of aromatic nitrogens is 2. The highest BCUT2D eigenvalue weighted by molar-refractivity contribution is 9.08. The van der Waals surface area contributed by atoms with E-state index in [0.29, 0.717) is 0 Å². The first-order chi connectivity index (χ1) is 7.20. The number of hydrogen-bond acceptors (Lipinski definition) is 1. The molecule has 0 aliphatic carbocycles. The predicted octanol–water partition coefficient (Wildman–Crippen LogP) is 3.73. The SMILES string of the molecule is Cc1ccc(Cl)cc1-n1ccc(CBr)n1. The molecular weight excluding hydrogens is 275 g/mol. The van der Waals surface area contributed by atoms with Gasteiger partial charge in [0.2, 0.25) is 0 Å². The maximum absolute atomic E-state index is 5.96. The van der Waals surface area contributed by atoms with E-state index in [1.54, 1.807) is 0 Å². The normalized spacial score (nSPS) is 10.6. The summed E-state index contributed by atoms with van der Waals surface area (Å²) < 4.78 is 1.85. The highest BCUT2D eigenvalue weighted by Crippen LogP contribution is 2.19. The van der Waals surface area contributed by atoms with Crippen LogP contribution in [0.2, 0.25) is 5.02 Å². The second kappa shape index (κ2) is 4.37. The molecule has 2 rings (SSSR count). The lowest BCUT2D eigenvalue weighted by atomic mass is 10.2.